The van der Waals surface area contributed by atoms with Crippen LogP contribution >= 0.6 is 11.6 Å². The van der Waals surface area contributed by atoms with E-state index in [2.05, 4.69) is 15.6 Å². The highest BCUT2D eigenvalue weighted by Crippen LogP contribution is 2.20. The van der Waals surface area contributed by atoms with Gasteiger partial charge in [0.15, 0.2) is 0 Å². The molecule has 0 fully saturated rings. The Morgan fingerprint density at radius 2 is 1.56 bits per heavy atom. The van der Waals surface area contributed by atoms with Gasteiger partial charge in [0.25, 0.3) is 11.8 Å². The number of carbonyl (C=O) groups is 2. The van der Waals surface area contributed by atoms with E-state index in [-0.39, 0.29) is 11.6 Å². The molecular formula is C21H18ClN3O2. The summed E-state index contributed by atoms with van der Waals surface area (Å²) in [5, 5.41) is 6.21. The van der Waals surface area contributed by atoms with Crippen molar-refractivity contribution < 1.29 is 9.59 Å². The Morgan fingerprint density at radius 1 is 0.889 bits per heavy atom. The summed E-state index contributed by atoms with van der Waals surface area (Å²) in [5.74, 6) is -0.700. The lowest BCUT2D eigenvalue weighted by Crippen LogP contribution is -2.17. The van der Waals surface area contributed by atoms with Gasteiger partial charge in [0, 0.05) is 28.2 Å². The zero-order valence-electron chi connectivity index (χ0n) is 14.9. The van der Waals surface area contributed by atoms with Crippen LogP contribution < -0.4 is 10.6 Å². The van der Waals surface area contributed by atoms with Gasteiger partial charge < -0.3 is 10.6 Å². The van der Waals surface area contributed by atoms with Crippen LogP contribution in [0.25, 0.3) is 0 Å². The fraction of sp³-hybridized carbons (Fsp3) is 0.0952. The van der Waals surface area contributed by atoms with E-state index in [0.29, 0.717) is 16.3 Å². The number of amides is 2. The Bertz CT molecular complexity index is 980. The van der Waals surface area contributed by atoms with Crippen LogP contribution in [-0.4, -0.2) is 16.8 Å². The summed E-state index contributed by atoms with van der Waals surface area (Å²) >= 11 is 5.84. The quantitative estimate of drug-likeness (QED) is 0.680. The number of pyridine rings is 1. The molecule has 1 aromatic heterocycles. The number of nitrogens with zero attached hydrogens (tertiary/aromatic N) is 1. The van der Waals surface area contributed by atoms with E-state index in [0.717, 1.165) is 16.8 Å². The first-order chi connectivity index (χ1) is 12.9. The van der Waals surface area contributed by atoms with Gasteiger partial charge in [-0.2, -0.15) is 0 Å². The summed E-state index contributed by atoms with van der Waals surface area (Å²) < 4.78 is 0. The third-order valence-electron chi connectivity index (χ3n) is 4.08. The van der Waals surface area contributed by atoms with Crippen molar-refractivity contribution in [1.29, 1.82) is 0 Å². The van der Waals surface area contributed by atoms with E-state index >= 15 is 0 Å². The molecular weight excluding hydrogens is 362 g/mol. The monoisotopic (exact) mass is 379 g/mol. The molecule has 0 spiro atoms. The van der Waals surface area contributed by atoms with Gasteiger partial charge in [-0.1, -0.05) is 29.8 Å². The van der Waals surface area contributed by atoms with E-state index < -0.39 is 5.91 Å². The van der Waals surface area contributed by atoms with Crippen molar-refractivity contribution in [2.24, 2.45) is 0 Å². The molecule has 136 valence electrons. The Labute approximate surface area is 162 Å². The van der Waals surface area contributed by atoms with Crippen molar-refractivity contribution >= 4 is 34.8 Å². The number of hydrogen-bond acceptors (Lipinski definition) is 3. The van der Waals surface area contributed by atoms with Crippen LogP contribution in [0, 0.1) is 13.8 Å². The van der Waals surface area contributed by atoms with Crippen LogP contribution in [0.2, 0.25) is 5.02 Å². The van der Waals surface area contributed by atoms with Gasteiger partial charge in [0.2, 0.25) is 0 Å². The molecule has 3 rings (SSSR count). The Hall–Kier alpha value is -3.18. The Balaban J connectivity index is 1.77. The Morgan fingerprint density at radius 3 is 2.22 bits per heavy atom. The number of benzene rings is 2. The van der Waals surface area contributed by atoms with Crippen LogP contribution in [0.1, 0.15) is 32.0 Å². The van der Waals surface area contributed by atoms with E-state index in [9.17, 15) is 9.59 Å². The van der Waals surface area contributed by atoms with Gasteiger partial charge in [0.05, 0.1) is 0 Å². The maximum Gasteiger partial charge on any atom is 0.274 e. The van der Waals surface area contributed by atoms with Crippen molar-refractivity contribution in [3.8, 4) is 0 Å². The van der Waals surface area contributed by atoms with Gasteiger partial charge in [-0.05, 0) is 61.4 Å². The van der Waals surface area contributed by atoms with Crippen molar-refractivity contribution in [3.05, 3.63) is 88.2 Å². The standard InChI is InChI=1S/C21H18ClN3O2/c1-13-4-3-5-14(2)19(13)25-20(26)15-10-11-23-18(12-15)21(27)24-17-8-6-16(22)7-9-17/h3-12H,1-2H3,(H,24,27)(H,25,26). The highest BCUT2D eigenvalue weighted by atomic mass is 35.5. The highest BCUT2D eigenvalue weighted by molar-refractivity contribution is 6.30. The molecule has 6 heteroatoms. The number of anilines is 2. The van der Waals surface area contributed by atoms with Gasteiger partial charge in [-0.3, -0.25) is 14.6 Å². The summed E-state index contributed by atoms with van der Waals surface area (Å²) in [6.07, 6.45) is 1.44. The third kappa shape index (κ3) is 4.51. The fourth-order valence-electron chi connectivity index (χ4n) is 2.62. The molecule has 0 aliphatic carbocycles. The zero-order chi connectivity index (χ0) is 19.4. The number of aryl methyl sites for hydroxylation is 2. The molecule has 0 aliphatic rings. The second-order valence-electron chi connectivity index (χ2n) is 6.11. The molecule has 0 saturated heterocycles. The smallest absolute Gasteiger partial charge is 0.274 e. The van der Waals surface area contributed by atoms with E-state index in [4.69, 9.17) is 11.6 Å². The minimum Gasteiger partial charge on any atom is -0.322 e. The second-order valence-corrected chi connectivity index (χ2v) is 6.55. The summed E-state index contributed by atoms with van der Waals surface area (Å²) in [7, 11) is 0. The largest absolute Gasteiger partial charge is 0.322 e. The van der Waals surface area contributed by atoms with Crippen molar-refractivity contribution in [2.45, 2.75) is 13.8 Å². The SMILES string of the molecule is Cc1cccc(C)c1NC(=O)c1ccnc(C(=O)Nc2ccc(Cl)cc2)c1. The van der Waals surface area contributed by atoms with Gasteiger partial charge in [0.1, 0.15) is 5.69 Å². The van der Waals surface area contributed by atoms with Crippen molar-refractivity contribution in [1.82, 2.24) is 4.98 Å². The first kappa shape index (κ1) is 18.6. The molecule has 2 amide bonds. The predicted molar refractivity (Wildman–Crippen MR) is 108 cm³/mol. The number of rotatable bonds is 4. The molecule has 27 heavy (non-hydrogen) atoms. The molecule has 2 aromatic carbocycles. The van der Waals surface area contributed by atoms with Crippen LogP contribution in [0.3, 0.4) is 0 Å². The van der Waals surface area contributed by atoms with Crippen LogP contribution in [0.5, 0.6) is 0 Å². The number of aromatic nitrogens is 1. The maximum absolute atomic E-state index is 12.6. The molecule has 1 heterocycles. The molecule has 2 N–H and O–H groups in total. The summed E-state index contributed by atoms with van der Waals surface area (Å²) in [4.78, 5) is 29.1. The summed E-state index contributed by atoms with van der Waals surface area (Å²) in [6.45, 7) is 3.86. The second kappa shape index (κ2) is 8.01. The first-order valence-electron chi connectivity index (χ1n) is 8.34. The molecule has 0 saturated carbocycles. The van der Waals surface area contributed by atoms with Gasteiger partial charge in [-0.25, -0.2) is 0 Å². The van der Waals surface area contributed by atoms with Gasteiger partial charge in [-0.15, -0.1) is 0 Å². The number of carbonyl (C=O) groups excluding carboxylic acids is 2. The van der Waals surface area contributed by atoms with Crippen LogP contribution in [-0.2, 0) is 0 Å². The number of nitrogens with one attached hydrogen (secondary N) is 2. The molecule has 0 aliphatic heterocycles. The average molecular weight is 380 g/mol. The first-order valence-corrected chi connectivity index (χ1v) is 8.72. The number of halogens is 1. The van der Waals surface area contributed by atoms with Crippen molar-refractivity contribution in [3.63, 3.8) is 0 Å². The van der Waals surface area contributed by atoms with Crippen LogP contribution in [0.15, 0.2) is 60.8 Å². The highest BCUT2D eigenvalue weighted by Gasteiger charge is 2.14. The number of para-hydroxylation sites is 1. The number of hydrogen-bond donors (Lipinski definition) is 2. The van der Waals surface area contributed by atoms with Crippen molar-refractivity contribution in [2.75, 3.05) is 10.6 Å². The molecule has 0 unspecified atom stereocenters. The molecule has 3 aromatic rings. The lowest BCUT2D eigenvalue weighted by molar-refractivity contribution is 0.102. The van der Waals surface area contributed by atoms with E-state index in [1.165, 1.54) is 12.3 Å². The maximum atomic E-state index is 12.6. The summed E-state index contributed by atoms with van der Waals surface area (Å²) in [5.41, 5.74) is 3.81. The third-order valence-corrected chi connectivity index (χ3v) is 4.33. The lowest BCUT2D eigenvalue weighted by atomic mass is 10.1. The zero-order valence-corrected chi connectivity index (χ0v) is 15.7. The van der Waals surface area contributed by atoms with E-state index in [1.54, 1.807) is 30.3 Å². The minimum absolute atomic E-state index is 0.152. The van der Waals surface area contributed by atoms with E-state index in [1.807, 2.05) is 32.0 Å². The fourth-order valence-corrected chi connectivity index (χ4v) is 2.75. The lowest BCUT2D eigenvalue weighted by Gasteiger charge is -2.12. The topological polar surface area (TPSA) is 71.1 Å². The minimum atomic E-state index is -0.404. The predicted octanol–water partition coefficient (Wildman–Crippen LogP) is 4.86. The normalized spacial score (nSPS) is 10.3. The Kier molecular flexibility index (Phi) is 5.52. The summed E-state index contributed by atoms with van der Waals surface area (Å²) in [6, 6.07) is 15.6. The molecule has 0 bridgehead atoms. The van der Waals surface area contributed by atoms with Gasteiger partial charge >= 0.3 is 0 Å². The molecule has 0 radical (unpaired) electrons. The molecule has 5 nitrogen and oxygen atoms in total. The average Bonchev–Trinajstić information content (AvgIpc) is 2.66. The molecule has 0 atom stereocenters. The van der Waals surface area contributed by atoms with Crippen LogP contribution in [0.4, 0.5) is 11.4 Å².